The molecule has 0 saturated carbocycles. The van der Waals surface area contributed by atoms with Gasteiger partial charge in [0.1, 0.15) is 5.69 Å². The van der Waals surface area contributed by atoms with Crippen LogP contribution in [0.1, 0.15) is 27.2 Å². The summed E-state index contributed by atoms with van der Waals surface area (Å²) in [4.78, 5) is 24.4. The molecule has 0 aliphatic heterocycles. The lowest BCUT2D eigenvalue weighted by Crippen LogP contribution is -2.28. The van der Waals surface area contributed by atoms with Gasteiger partial charge in [-0.2, -0.15) is 9.78 Å². The molecule has 0 bridgehead atoms. The van der Waals surface area contributed by atoms with Crippen LogP contribution < -0.4 is 10.9 Å². The summed E-state index contributed by atoms with van der Waals surface area (Å²) in [6.07, 6.45) is 0. The second-order valence-electron chi connectivity index (χ2n) is 5.92. The van der Waals surface area contributed by atoms with E-state index in [1.54, 1.807) is 12.1 Å². The third-order valence-electron chi connectivity index (χ3n) is 3.97. The highest BCUT2D eigenvalue weighted by molar-refractivity contribution is 5.92. The Labute approximate surface area is 145 Å². The van der Waals surface area contributed by atoms with E-state index in [2.05, 4.69) is 16.5 Å². The topological polar surface area (TPSA) is 64.0 Å². The van der Waals surface area contributed by atoms with Crippen LogP contribution >= 0.6 is 0 Å². The number of aromatic nitrogens is 2. The smallest absolute Gasteiger partial charge is 0.272 e. The summed E-state index contributed by atoms with van der Waals surface area (Å²) in [7, 11) is 0. The van der Waals surface area contributed by atoms with Crippen LogP contribution in [0.25, 0.3) is 5.69 Å². The molecule has 0 saturated heterocycles. The van der Waals surface area contributed by atoms with Crippen molar-refractivity contribution in [3.05, 3.63) is 93.4 Å². The van der Waals surface area contributed by atoms with Gasteiger partial charge in [-0.05, 0) is 43.2 Å². The monoisotopic (exact) mass is 333 g/mol. The number of nitrogens with zero attached hydrogens (tertiary/aromatic N) is 2. The van der Waals surface area contributed by atoms with Crippen LogP contribution in [0.2, 0.25) is 0 Å². The van der Waals surface area contributed by atoms with Crippen molar-refractivity contribution in [3.8, 4) is 5.69 Å². The second-order valence-corrected chi connectivity index (χ2v) is 5.92. The van der Waals surface area contributed by atoms with Gasteiger partial charge in [0.05, 0.1) is 5.69 Å². The first-order chi connectivity index (χ1) is 12.0. The number of hydrogen-bond acceptors (Lipinski definition) is 3. The number of amides is 1. The fraction of sp³-hybridized carbons (Fsp3) is 0.150. The second kappa shape index (κ2) is 7.13. The molecule has 3 rings (SSSR count). The molecule has 25 heavy (non-hydrogen) atoms. The lowest BCUT2D eigenvalue weighted by molar-refractivity contribution is 0.0944. The van der Waals surface area contributed by atoms with E-state index in [1.165, 1.54) is 22.4 Å². The lowest BCUT2D eigenvalue weighted by atomic mass is 10.1. The molecule has 1 aromatic heterocycles. The number of carbonyl (C=O) groups excluding carboxylic acids is 1. The summed E-state index contributed by atoms with van der Waals surface area (Å²) in [5.74, 6) is -0.315. The van der Waals surface area contributed by atoms with Crippen LogP contribution in [0.3, 0.4) is 0 Å². The molecule has 0 radical (unpaired) electrons. The minimum absolute atomic E-state index is 0.202. The van der Waals surface area contributed by atoms with E-state index in [-0.39, 0.29) is 17.2 Å². The fourth-order valence-corrected chi connectivity index (χ4v) is 2.60. The van der Waals surface area contributed by atoms with Crippen molar-refractivity contribution in [2.45, 2.75) is 20.4 Å². The van der Waals surface area contributed by atoms with Crippen LogP contribution in [-0.2, 0) is 6.54 Å². The molecule has 0 aliphatic carbocycles. The molecule has 0 atom stereocenters. The first-order valence-electron chi connectivity index (χ1n) is 8.05. The number of carbonyl (C=O) groups is 1. The molecule has 0 fully saturated rings. The van der Waals surface area contributed by atoms with Crippen molar-refractivity contribution in [2.75, 3.05) is 0 Å². The van der Waals surface area contributed by atoms with Gasteiger partial charge in [-0.1, -0.05) is 42.0 Å². The highest BCUT2D eigenvalue weighted by atomic mass is 16.2. The van der Waals surface area contributed by atoms with E-state index in [9.17, 15) is 9.59 Å². The number of aryl methyl sites for hydroxylation is 2. The minimum atomic E-state index is -0.315. The van der Waals surface area contributed by atoms with Gasteiger partial charge in [0, 0.05) is 12.6 Å². The van der Waals surface area contributed by atoms with Crippen molar-refractivity contribution < 1.29 is 4.79 Å². The Morgan fingerprint density at radius 2 is 1.80 bits per heavy atom. The molecule has 1 heterocycles. The summed E-state index contributed by atoms with van der Waals surface area (Å²) >= 11 is 0. The third-order valence-corrected chi connectivity index (χ3v) is 3.97. The summed E-state index contributed by atoms with van der Waals surface area (Å²) in [5.41, 5.74) is 3.91. The Bertz CT molecular complexity index is 962. The van der Waals surface area contributed by atoms with E-state index in [0.717, 1.165) is 11.1 Å². The van der Waals surface area contributed by atoms with Crippen LogP contribution in [0, 0.1) is 13.8 Å². The van der Waals surface area contributed by atoms with Crippen molar-refractivity contribution in [2.24, 2.45) is 0 Å². The van der Waals surface area contributed by atoms with Gasteiger partial charge in [0.2, 0.25) is 0 Å². The van der Waals surface area contributed by atoms with Gasteiger partial charge < -0.3 is 5.32 Å². The predicted molar refractivity (Wildman–Crippen MR) is 96.9 cm³/mol. The first kappa shape index (κ1) is 16.6. The molecule has 0 spiro atoms. The van der Waals surface area contributed by atoms with Crippen molar-refractivity contribution in [3.63, 3.8) is 0 Å². The van der Waals surface area contributed by atoms with E-state index in [4.69, 9.17) is 0 Å². The maximum atomic E-state index is 12.4. The average Bonchev–Trinajstić information content (AvgIpc) is 2.62. The zero-order chi connectivity index (χ0) is 17.8. The number of nitrogens with one attached hydrogen (secondary N) is 1. The molecule has 3 aromatic rings. The number of para-hydroxylation sites is 1. The molecular formula is C20H19N3O2. The van der Waals surface area contributed by atoms with Gasteiger partial charge in [-0.15, -0.1) is 0 Å². The average molecular weight is 333 g/mol. The van der Waals surface area contributed by atoms with Gasteiger partial charge in [0.25, 0.3) is 11.5 Å². The maximum Gasteiger partial charge on any atom is 0.272 e. The zero-order valence-corrected chi connectivity index (χ0v) is 14.2. The van der Waals surface area contributed by atoms with Crippen molar-refractivity contribution in [1.29, 1.82) is 0 Å². The number of benzene rings is 2. The van der Waals surface area contributed by atoms with Gasteiger partial charge in [-0.25, -0.2) is 0 Å². The van der Waals surface area contributed by atoms with Crippen LogP contribution in [-0.4, -0.2) is 15.7 Å². The Kier molecular flexibility index (Phi) is 4.75. The van der Waals surface area contributed by atoms with E-state index in [1.807, 2.05) is 44.2 Å². The zero-order valence-electron chi connectivity index (χ0n) is 14.2. The van der Waals surface area contributed by atoms with Gasteiger partial charge in [-0.3, -0.25) is 9.59 Å². The van der Waals surface area contributed by atoms with Gasteiger partial charge in [0.15, 0.2) is 0 Å². The molecule has 5 heteroatoms. The number of rotatable bonds is 4. The third kappa shape index (κ3) is 3.83. The quantitative estimate of drug-likeness (QED) is 0.798. The highest BCUT2D eigenvalue weighted by Gasteiger charge is 2.11. The molecule has 0 aliphatic rings. The molecule has 1 amide bonds. The van der Waals surface area contributed by atoms with Crippen LogP contribution in [0.15, 0.2) is 65.5 Å². The van der Waals surface area contributed by atoms with Crippen molar-refractivity contribution in [1.82, 2.24) is 15.1 Å². The van der Waals surface area contributed by atoms with Gasteiger partial charge >= 0.3 is 0 Å². The Hall–Kier alpha value is -3.21. The minimum Gasteiger partial charge on any atom is -0.347 e. The molecule has 2 aromatic carbocycles. The van der Waals surface area contributed by atoms with Crippen LogP contribution in [0.5, 0.6) is 0 Å². The van der Waals surface area contributed by atoms with E-state index < -0.39 is 0 Å². The summed E-state index contributed by atoms with van der Waals surface area (Å²) in [6, 6.07) is 17.9. The Balaban J connectivity index is 1.80. The summed E-state index contributed by atoms with van der Waals surface area (Å²) in [6.45, 7) is 4.46. The highest BCUT2D eigenvalue weighted by Crippen LogP contribution is 2.10. The normalized spacial score (nSPS) is 10.5. The lowest BCUT2D eigenvalue weighted by Gasteiger charge is -2.10. The Morgan fingerprint density at radius 3 is 2.52 bits per heavy atom. The summed E-state index contributed by atoms with van der Waals surface area (Å²) in [5, 5.41) is 7.04. The molecule has 1 N–H and O–H groups in total. The predicted octanol–water partition coefficient (Wildman–Crippen LogP) is 2.78. The SMILES string of the molecule is Cc1ccc(CNC(=O)c2ccc(=O)n(-c3ccccc3)n2)c(C)c1. The number of hydrogen-bond donors (Lipinski definition) is 1. The maximum absolute atomic E-state index is 12.4. The Morgan fingerprint density at radius 1 is 1.04 bits per heavy atom. The van der Waals surface area contributed by atoms with E-state index in [0.29, 0.717) is 12.2 Å². The first-order valence-corrected chi connectivity index (χ1v) is 8.05. The van der Waals surface area contributed by atoms with Crippen LogP contribution in [0.4, 0.5) is 0 Å². The standard InChI is InChI=1S/C20H19N3O2/c1-14-8-9-16(15(2)12-14)13-21-20(25)18-10-11-19(24)23(22-18)17-6-4-3-5-7-17/h3-12H,13H2,1-2H3,(H,21,25). The molecule has 5 nitrogen and oxygen atoms in total. The summed E-state index contributed by atoms with van der Waals surface area (Å²) < 4.78 is 1.23. The van der Waals surface area contributed by atoms with Crippen molar-refractivity contribution >= 4 is 5.91 Å². The molecule has 126 valence electrons. The fourth-order valence-electron chi connectivity index (χ4n) is 2.60. The molecular weight excluding hydrogens is 314 g/mol. The largest absolute Gasteiger partial charge is 0.347 e. The molecule has 0 unspecified atom stereocenters. The van der Waals surface area contributed by atoms with E-state index >= 15 is 0 Å².